The fourth-order valence-electron chi connectivity index (χ4n) is 1.62. The molecule has 0 radical (unpaired) electrons. The predicted octanol–water partition coefficient (Wildman–Crippen LogP) is 3.23. The Morgan fingerprint density at radius 3 is 2.83 bits per heavy atom. The van der Waals surface area contributed by atoms with E-state index in [4.69, 9.17) is 10.4 Å². The van der Waals surface area contributed by atoms with E-state index in [1.165, 1.54) is 0 Å². The Balaban J connectivity index is 2.65. The maximum atomic E-state index is 11.0. The summed E-state index contributed by atoms with van der Waals surface area (Å²) in [5.74, 6) is -1.17. The molecular weight excluding hydrogens is 296 g/mol. The first-order chi connectivity index (χ1) is 8.58. The van der Waals surface area contributed by atoms with E-state index in [2.05, 4.69) is 27.3 Å². The number of nitrogens with one attached hydrogen (secondary N) is 1. The van der Waals surface area contributed by atoms with Gasteiger partial charge >= 0.3 is 5.97 Å². The second kappa shape index (κ2) is 7.02. The van der Waals surface area contributed by atoms with E-state index in [9.17, 15) is 4.79 Å². The van der Waals surface area contributed by atoms with Gasteiger partial charge in [0.05, 0.1) is 11.5 Å². The van der Waals surface area contributed by atoms with E-state index < -0.39 is 5.97 Å². The summed E-state index contributed by atoms with van der Waals surface area (Å²) in [6.45, 7) is 2.36. The number of nitrogens with zero attached hydrogens (tertiary/aromatic N) is 1. The first-order valence-electron chi connectivity index (χ1n) is 5.74. The molecule has 0 aliphatic rings. The number of rotatable bonds is 6. The largest absolute Gasteiger partial charge is 0.481 e. The Morgan fingerprint density at radius 2 is 2.33 bits per heavy atom. The number of carboxylic acid groups (broad SMARTS) is 1. The van der Waals surface area contributed by atoms with Crippen LogP contribution in [0.15, 0.2) is 22.7 Å². The van der Waals surface area contributed by atoms with Gasteiger partial charge in [0.2, 0.25) is 0 Å². The van der Waals surface area contributed by atoms with Gasteiger partial charge in [-0.25, -0.2) is 0 Å². The average Bonchev–Trinajstić information content (AvgIpc) is 2.34. The van der Waals surface area contributed by atoms with Gasteiger partial charge in [-0.1, -0.05) is 13.3 Å². The molecule has 5 heteroatoms. The molecule has 0 spiro atoms. The van der Waals surface area contributed by atoms with Crippen molar-refractivity contribution >= 4 is 27.6 Å². The Kier molecular flexibility index (Phi) is 5.66. The van der Waals surface area contributed by atoms with Gasteiger partial charge in [-0.05, 0) is 40.5 Å². The van der Waals surface area contributed by atoms with Crippen LogP contribution >= 0.6 is 15.9 Å². The van der Waals surface area contributed by atoms with Crippen LogP contribution in [-0.4, -0.2) is 17.6 Å². The first kappa shape index (κ1) is 14.5. The summed E-state index contributed by atoms with van der Waals surface area (Å²) in [5.41, 5.74) is 1.37. The highest BCUT2D eigenvalue weighted by atomic mass is 79.9. The number of hydrogen-bond acceptors (Lipinski definition) is 3. The Hall–Kier alpha value is -1.54. The van der Waals surface area contributed by atoms with E-state index in [1.807, 2.05) is 6.92 Å². The molecule has 2 N–H and O–H groups in total. The third-order valence-electron chi connectivity index (χ3n) is 2.63. The topological polar surface area (TPSA) is 73.1 Å². The molecule has 4 nitrogen and oxygen atoms in total. The summed E-state index contributed by atoms with van der Waals surface area (Å²) in [6, 6.07) is 7.31. The van der Waals surface area contributed by atoms with E-state index >= 15 is 0 Å². The van der Waals surface area contributed by atoms with Crippen LogP contribution in [0, 0.1) is 17.2 Å². The summed E-state index contributed by atoms with van der Waals surface area (Å²) in [5, 5.41) is 20.9. The molecule has 1 atom stereocenters. The fourth-order valence-corrected chi connectivity index (χ4v) is 2.09. The number of nitriles is 1. The van der Waals surface area contributed by atoms with Crippen LogP contribution in [-0.2, 0) is 4.79 Å². The molecule has 96 valence electrons. The molecule has 0 saturated carbocycles. The molecule has 1 rings (SSSR count). The van der Waals surface area contributed by atoms with Crippen molar-refractivity contribution in [3.05, 3.63) is 28.2 Å². The van der Waals surface area contributed by atoms with Crippen molar-refractivity contribution in [2.24, 2.45) is 5.92 Å². The smallest absolute Gasteiger partial charge is 0.308 e. The highest BCUT2D eigenvalue weighted by molar-refractivity contribution is 9.10. The fraction of sp³-hybridized carbons (Fsp3) is 0.385. The minimum Gasteiger partial charge on any atom is -0.481 e. The standard InChI is InChI=1S/C13H15BrN2O2/c1-2-3-10(13(17)18)8-16-11-5-4-9(7-15)12(14)6-11/h4-6,10,16H,2-3,8H2,1H3,(H,17,18). The number of aliphatic carboxylic acids is 1. The van der Waals surface area contributed by atoms with Crippen LogP contribution in [0.1, 0.15) is 25.3 Å². The number of hydrogen-bond donors (Lipinski definition) is 2. The molecule has 18 heavy (non-hydrogen) atoms. The highest BCUT2D eigenvalue weighted by Crippen LogP contribution is 2.21. The van der Waals surface area contributed by atoms with Crippen LogP contribution in [0.2, 0.25) is 0 Å². The lowest BCUT2D eigenvalue weighted by atomic mass is 10.0. The molecule has 0 heterocycles. The van der Waals surface area contributed by atoms with Gasteiger partial charge in [-0.15, -0.1) is 0 Å². The van der Waals surface area contributed by atoms with E-state index in [0.717, 1.165) is 12.1 Å². The summed E-state index contributed by atoms with van der Waals surface area (Å²) in [4.78, 5) is 11.0. The zero-order valence-electron chi connectivity index (χ0n) is 10.1. The van der Waals surface area contributed by atoms with Gasteiger partial charge in [0.25, 0.3) is 0 Å². The van der Waals surface area contributed by atoms with Crippen molar-refractivity contribution < 1.29 is 9.90 Å². The van der Waals surface area contributed by atoms with Gasteiger partial charge in [-0.2, -0.15) is 5.26 Å². The van der Waals surface area contributed by atoms with Crippen LogP contribution in [0.5, 0.6) is 0 Å². The van der Waals surface area contributed by atoms with E-state index in [1.54, 1.807) is 18.2 Å². The quantitative estimate of drug-likeness (QED) is 0.846. The van der Waals surface area contributed by atoms with Crippen LogP contribution in [0.25, 0.3) is 0 Å². The third kappa shape index (κ3) is 4.04. The van der Waals surface area contributed by atoms with Gasteiger partial charge in [0, 0.05) is 16.7 Å². The van der Waals surface area contributed by atoms with Crippen LogP contribution < -0.4 is 5.32 Å². The lowest BCUT2D eigenvalue weighted by molar-refractivity contribution is -0.141. The lowest BCUT2D eigenvalue weighted by Crippen LogP contribution is -2.22. The summed E-state index contributed by atoms with van der Waals surface area (Å²) in [6.07, 6.45) is 1.50. The van der Waals surface area contributed by atoms with Gasteiger partial charge in [0.1, 0.15) is 6.07 Å². The van der Waals surface area contributed by atoms with Crippen molar-refractivity contribution in [2.75, 3.05) is 11.9 Å². The molecule has 0 aliphatic heterocycles. The van der Waals surface area contributed by atoms with E-state index in [-0.39, 0.29) is 5.92 Å². The SMILES string of the molecule is CCCC(CNc1ccc(C#N)c(Br)c1)C(=O)O. The second-order valence-electron chi connectivity index (χ2n) is 4.01. The van der Waals surface area contributed by atoms with Crippen molar-refractivity contribution in [3.8, 4) is 6.07 Å². The third-order valence-corrected chi connectivity index (χ3v) is 3.28. The second-order valence-corrected chi connectivity index (χ2v) is 4.87. The molecule has 0 amide bonds. The summed E-state index contributed by atoms with van der Waals surface area (Å²) >= 11 is 3.30. The minimum absolute atomic E-state index is 0.385. The normalized spacial score (nSPS) is 11.6. The molecule has 1 aromatic rings. The molecule has 0 saturated heterocycles. The molecule has 1 aromatic carbocycles. The van der Waals surface area contributed by atoms with E-state index in [0.29, 0.717) is 23.0 Å². The number of halogens is 1. The lowest BCUT2D eigenvalue weighted by Gasteiger charge is -2.13. The zero-order valence-corrected chi connectivity index (χ0v) is 11.7. The van der Waals surface area contributed by atoms with Crippen LogP contribution in [0.3, 0.4) is 0 Å². The molecular formula is C13H15BrN2O2. The van der Waals surface area contributed by atoms with Crippen LogP contribution in [0.4, 0.5) is 5.69 Å². The van der Waals surface area contributed by atoms with Gasteiger partial charge in [0.15, 0.2) is 0 Å². The number of anilines is 1. The zero-order chi connectivity index (χ0) is 13.5. The highest BCUT2D eigenvalue weighted by Gasteiger charge is 2.15. The van der Waals surface area contributed by atoms with Crippen molar-refractivity contribution in [3.63, 3.8) is 0 Å². The Labute approximate surface area is 115 Å². The van der Waals surface area contributed by atoms with Gasteiger partial charge < -0.3 is 10.4 Å². The summed E-state index contributed by atoms with van der Waals surface area (Å²) in [7, 11) is 0. The monoisotopic (exact) mass is 310 g/mol. The minimum atomic E-state index is -0.780. The molecule has 0 aliphatic carbocycles. The number of carboxylic acids is 1. The maximum Gasteiger partial charge on any atom is 0.308 e. The average molecular weight is 311 g/mol. The first-order valence-corrected chi connectivity index (χ1v) is 6.54. The molecule has 0 bridgehead atoms. The van der Waals surface area contributed by atoms with Crippen molar-refractivity contribution in [1.82, 2.24) is 0 Å². The molecule has 1 unspecified atom stereocenters. The van der Waals surface area contributed by atoms with Gasteiger partial charge in [-0.3, -0.25) is 4.79 Å². The Bertz CT molecular complexity index is 469. The molecule has 0 fully saturated rings. The van der Waals surface area contributed by atoms with Crippen molar-refractivity contribution in [1.29, 1.82) is 5.26 Å². The molecule has 0 aromatic heterocycles. The predicted molar refractivity (Wildman–Crippen MR) is 73.4 cm³/mol. The number of benzene rings is 1. The van der Waals surface area contributed by atoms with Crippen molar-refractivity contribution in [2.45, 2.75) is 19.8 Å². The maximum absolute atomic E-state index is 11.0. The Morgan fingerprint density at radius 1 is 1.61 bits per heavy atom. The number of carbonyl (C=O) groups is 1. The summed E-state index contributed by atoms with van der Waals surface area (Å²) < 4.78 is 0.706.